The molecular formula is C18H16N2O2. The molecule has 4 nitrogen and oxygen atoms in total. The maximum Gasteiger partial charge on any atom is 0.335 e. The summed E-state index contributed by atoms with van der Waals surface area (Å²) in [4.78, 5) is 10.9. The maximum absolute atomic E-state index is 10.9. The molecule has 22 heavy (non-hydrogen) atoms. The van der Waals surface area contributed by atoms with Gasteiger partial charge in [-0.15, -0.1) is 0 Å². The molecule has 3 aromatic rings. The third kappa shape index (κ3) is 2.59. The molecule has 0 aliphatic rings. The quantitative estimate of drug-likeness (QED) is 0.772. The van der Waals surface area contributed by atoms with E-state index in [-0.39, 0.29) is 5.56 Å². The van der Waals surface area contributed by atoms with Gasteiger partial charge < -0.3 is 15.4 Å². The summed E-state index contributed by atoms with van der Waals surface area (Å²) < 4.78 is 1.90. The van der Waals surface area contributed by atoms with Gasteiger partial charge in [0, 0.05) is 23.6 Å². The lowest BCUT2D eigenvalue weighted by Crippen LogP contribution is -1.97. The average Bonchev–Trinajstić information content (AvgIpc) is 2.90. The molecule has 110 valence electrons. The predicted molar refractivity (Wildman–Crippen MR) is 87.3 cm³/mol. The Bertz CT molecular complexity index is 815. The van der Waals surface area contributed by atoms with Crippen molar-refractivity contribution in [1.82, 2.24) is 4.57 Å². The van der Waals surface area contributed by atoms with Crippen molar-refractivity contribution in [3.63, 3.8) is 0 Å². The first-order valence-corrected chi connectivity index (χ1v) is 6.93. The average molecular weight is 292 g/mol. The Hall–Kier alpha value is -3.01. The zero-order valence-electron chi connectivity index (χ0n) is 12.2. The number of anilines is 1. The summed E-state index contributed by atoms with van der Waals surface area (Å²) in [5, 5.41) is 8.94. The predicted octanol–water partition coefficient (Wildman–Crippen LogP) is 3.73. The van der Waals surface area contributed by atoms with Gasteiger partial charge in [-0.1, -0.05) is 29.8 Å². The molecule has 3 rings (SSSR count). The van der Waals surface area contributed by atoms with Gasteiger partial charge in [0.1, 0.15) is 0 Å². The van der Waals surface area contributed by atoms with E-state index in [9.17, 15) is 4.79 Å². The van der Waals surface area contributed by atoms with E-state index < -0.39 is 5.97 Å². The van der Waals surface area contributed by atoms with E-state index in [1.54, 1.807) is 24.3 Å². The van der Waals surface area contributed by atoms with Crippen molar-refractivity contribution in [2.24, 2.45) is 0 Å². The number of aromatic nitrogens is 1. The molecule has 2 aromatic carbocycles. The second kappa shape index (κ2) is 5.41. The van der Waals surface area contributed by atoms with E-state index in [1.165, 1.54) is 5.56 Å². The van der Waals surface area contributed by atoms with Crippen LogP contribution in [0.25, 0.3) is 16.8 Å². The van der Waals surface area contributed by atoms with Crippen LogP contribution in [0.4, 0.5) is 5.69 Å². The van der Waals surface area contributed by atoms with E-state index >= 15 is 0 Å². The second-order valence-corrected chi connectivity index (χ2v) is 5.25. The maximum atomic E-state index is 10.9. The molecule has 0 amide bonds. The van der Waals surface area contributed by atoms with Gasteiger partial charge in [-0.25, -0.2) is 4.79 Å². The molecule has 0 aliphatic heterocycles. The normalized spacial score (nSPS) is 10.6. The smallest absolute Gasteiger partial charge is 0.335 e. The Morgan fingerprint density at radius 2 is 1.64 bits per heavy atom. The molecule has 0 fully saturated rings. The van der Waals surface area contributed by atoms with Crippen LogP contribution >= 0.6 is 0 Å². The van der Waals surface area contributed by atoms with Crippen LogP contribution in [0.3, 0.4) is 0 Å². The minimum absolute atomic E-state index is 0.266. The number of benzene rings is 2. The van der Waals surface area contributed by atoms with Gasteiger partial charge in [-0.3, -0.25) is 0 Å². The third-order valence-corrected chi connectivity index (χ3v) is 3.63. The molecule has 0 bridgehead atoms. The highest BCUT2D eigenvalue weighted by Gasteiger charge is 2.08. The van der Waals surface area contributed by atoms with Crippen LogP contribution in [-0.2, 0) is 0 Å². The molecule has 1 aromatic heterocycles. The molecule has 4 heteroatoms. The summed E-state index contributed by atoms with van der Waals surface area (Å²) in [6, 6.07) is 14.9. The first-order chi connectivity index (χ1) is 10.5. The number of rotatable bonds is 3. The SMILES string of the molecule is Cc1ccc(-c2cn(-c3ccc(C(=O)O)cc3)cc2N)cc1. The fourth-order valence-corrected chi connectivity index (χ4v) is 2.37. The third-order valence-electron chi connectivity index (χ3n) is 3.63. The Morgan fingerprint density at radius 1 is 1.00 bits per heavy atom. The molecule has 3 N–H and O–H groups in total. The van der Waals surface area contributed by atoms with Crippen molar-refractivity contribution in [3.8, 4) is 16.8 Å². The molecule has 0 saturated carbocycles. The van der Waals surface area contributed by atoms with E-state index in [1.807, 2.05) is 48.1 Å². The van der Waals surface area contributed by atoms with Crippen molar-refractivity contribution in [2.75, 3.05) is 5.73 Å². The second-order valence-electron chi connectivity index (χ2n) is 5.25. The number of aryl methyl sites for hydroxylation is 1. The van der Waals surface area contributed by atoms with Crippen LogP contribution in [0.2, 0.25) is 0 Å². The standard InChI is InChI=1S/C18H16N2O2/c1-12-2-4-13(5-3-12)16-10-20(11-17(16)19)15-8-6-14(7-9-15)18(21)22/h2-11H,19H2,1H3,(H,21,22). The van der Waals surface area contributed by atoms with Crippen LogP contribution in [0.15, 0.2) is 60.9 Å². The number of carboxylic acids is 1. The van der Waals surface area contributed by atoms with E-state index in [0.717, 1.165) is 16.8 Å². The topological polar surface area (TPSA) is 68.2 Å². The summed E-state index contributed by atoms with van der Waals surface area (Å²) in [7, 11) is 0. The Morgan fingerprint density at radius 3 is 2.23 bits per heavy atom. The van der Waals surface area contributed by atoms with Crippen molar-refractivity contribution in [1.29, 1.82) is 0 Å². The summed E-state index contributed by atoms with van der Waals surface area (Å²) in [5.41, 5.74) is 11.2. The number of hydrogen-bond acceptors (Lipinski definition) is 2. The first kappa shape index (κ1) is 13.9. The van der Waals surface area contributed by atoms with Crippen LogP contribution in [0, 0.1) is 6.92 Å². The van der Waals surface area contributed by atoms with Crippen LogP contribution in [-0.4, -0.2) is 15.6 Å². The molecule has 0 saturated heterocycles. The van der Waals surface area contributed by atoms with E-state index in [2.05, 4.69) is 0 Å². The number of aromatic carboxylic acids is 1. The Labute approximate surface area is 128 Å². The van der Waals surface area contributed by atoms with Crippen molar-refractivity contribution >= 4 is 11.7 Å². The monoisotopic (exact) mass is 292 g/mol. The minimum atomic E-state index is -0.932. The summed E-state index contributed by atoms with van der Waals surface area (Å²) in [5.74, 6) is -0.932. The van der Waals surface area contributed by atoms with Crippen molar-refractivity contribution in [3.05, 3.63) is 72.1 Å². The number of nitrogens with two attached hydrogens (primary N) is 1. The minimum Gasteiger partial charge on any atom is -0.478 e. The van der Waals surface area contributed by atoms with Gasteiger partial charge in [0.2, 0.25) is 0 Å². The number of nitrogens with zero attached hydrogens (tertiary/aromatic N) is 1. The molecule has 0 spiro atoms. The fraction of sp³-hybridized carbons (Fsp3) is 0.0556. The highest BCUT2D eigenvalue weighted by atomic mass is 16.4. The summed E-state index contributed by atoms with van der Waals surface area (Å²) in [6.45, 7) is 2.04. The van der Waals surface area contributed by atoms with Gasteiger partial charge in [-0.05, 0) is 36.8 Å². The van der Waals surface area contributed by atoms with Gasteiger partial charge in [0.15, 0.2) is 0 Å². The Kier molecular flexibility index (Phi) is 3.43. The highest BCUT2D eigenvalue weighted by Crippen LogP contribution is 2.28. The fourth-order valence-electron chi connectivity index (χ4n) is 2.37. The van der Waals surface area contributed by atoms with Gasteiger partial charge >= 0.3 is 5.97 Å². The lowest BCUT2D eigenvalue weighted by atomic mass is 10.1. The summed E-state index contributed by atoms with van der Waals surface area (Å²) >= 11 is 0. The van der Waals surface area contributed by atoms with Crippen molar-refractivity contribution < 1.29 is 9.90 Å². The van der Waals surface area contributed by atoms with Gasteiger partial charge in [0.05, 0.1) is 11.3 Å². The summed E-state index contributed by atoms with van der Waals surface area (Å²) in [6.07, 6.45) is 3.79. The molecule has 0 unspecified atom stereocenters. The first-order valence-electron chi connectivity index (χ1n) is 6.93. The number of carbonyl (C=O) groups is 1. The van der Waals surface area contributed by atoms with Crippen LogP contribution < -0.4 is 5.73 Å². The lowest BCUT2D eigenvalue weighted by Gasteiger charge is -2.03. The van der Waals surface area contributed by atoms with E-state index in [0.29, 0.717) is 5.69 Å². The molecule has 0 atom stereocenters. The van der Waals surface area contributed by atoms with Crippen LogP contribution in [0.1, 0.15) is 15.9 Å². The molecular weight excluding hydrogens is 276 g/mol. The van der Waals surface area contributed by atoms with E-state index in [4.69, 9.17) is 10.8 Å². The molecule has 0 radical (unpaired) electrons. The molecule has 0 aliphatic carbocycles. The number of carboxylic acid groups (broad SMARTS) is 1. The van der Waals surface area contributed by atoms with Gasteiger partial charge in [-0.2, -0.15) is 0 Å². The number of nitrogen functional groups attached to an aromatic ring is 1. The largest absolute Gasteiger partial charge is 0.478 e. The highest BCUT2D eigenvalue weighted by molar-refractivity contribution is 5.87. The van der Waals surface area contributed by atoms with Crippen molar-refractivity contribution in [2.45, 2.75) is 6.92 Å². The van der Waals surface area contributed by atoms with Crippen LogP contribution in [0.5, 0.6) is 0 Å². The zero-order chi connectivity index (χ0) is 15.7. The molecule has 1 heterocycles. The Balaban J connectivity index is 1.98. The lowest BCUT2D eigenvalue weighted by molar-refractivity contribution is 0.0697. The zero-order valence-corrected chi connectivity index (χ0v) is 12.2. The number of hydrogen-bond donors (Lipinski definition) is 2. The van der Waals surface area contributed by atoms with Gasteiger partial charge in [0.25, 0.3) is 0 Å².